The van der Waals surface area contributed by atoms with E-state index in [9.17, 15) is 4.79 Å². The molecule has 1 heterocycles. The number of nitrogens with one attached hydrogen (secondary N) is 1. The van der Waals surface area contributed by atoms with Gasteiger partial charge in [0, 0.05) is 32.2 Å². The van der Waals surface area contributed by atoms with Crippen LogP contribution in [0, 0.1) is 5.92 Å². The molecule has 1 aromatic rings. The third kappa shape index (κ3) is 3.15. The van der Waals surface area contributed by atoms with Crippen molar-refractivity contribution in [1.29, 1.82) is 0 Å². The van der Waals surface area contributed by atoms with Crippen LogP contribution in [0.2, 0.25) is 0 Å². The normalized spacial score (nSPS) is 18.8. The van der Waals surface area contributed by atoms with E-state index in [0.717, 1.165) is 31.8 Å². The summed E-state index contributed by atoms with van der Waals surface area (Å²) in [6, 6.07) is 8.13. The Bertz CT molecular complexity index is 403. The molecule has 4 nitrogen and oxygen atoms in total. The first-order valence-electron chi connectivity index (χ1n) is 6.32. The summed E-state index contributed by atoms with van der Waals surface area (Å²) in [6.07, 6.45) is 1.13. The maximum absolute atomic E-state index is 10.9. The molecule has 1 aromatic carbocycles. The van der Waals surface area contributed by atoms with Gasteiger partial charge in [0.1, 0.15) is 5.75 Å². The van der Waals surface area contributed by atoms with Crippen molar-refractivity contribution in [1.82, 2.24) is 5.32 Å². The van der Waals surface area contributed by atoms with Gasteiger partial charge in [0.2, 0.25) is 5.91 Å². The Kier molecular flexibility index (Phi) is 4.07. The van der Waals surface area contributed by atoms with Gasteiger partial charge in [0.25, 0.3) is 0 Å². The smallest absolute Gasteiger partial charge is 0.216 e. The third-order valence-corrected chi connectivity index (χ3v) is 3.36. The summed E-state index contributed by atoms with van der Waals surface area (Å²) in [5.41, 5.74) is 1.22. The number of nitrogens with zero attached hydrogens (tertiary/aromatic N) is 1. The molecule has 1 fully saturated rings. The van der Waals surface area contributed by atoms with Crippen molar-refractivity contribution in [3.63, 3.8) is 0 Å². The Morgan fingerprint density at radius 1 is 1.44 bits per heavy atom. The summed E-state index contributed by atoms with van der Waals surface area (Å²) in [6.45, 7) is 4.40. The number of rotatable bonds is 4. The van der Waals surface area contributed by atoms with Gasteiger partial charge in [-0.05, 0) is 36.6 Å². The highest BCUT2D eigenvalue weighted by Gasteiger charge is 2.22. The average Bonchev–Trinajstić information content (AvgIpc) is 2.85. The second kappa shape index (κ2) is 5.76. The van der Waals surface area contributed by atoms with Gasteiger partial charge in [-0.25, -0.2) is 0 Å². The summed E-state index contributed by atoms with van der Waals surface area (Å²) in [5.74, 6) is 1.49. The SMILES string of the molecule is COc1ccc(N2CCC(CNC(C)=O)C2)cc1. The minimum absolute atomic E-state index is 0.0536. The lowest BCUT2D eigenvalue weighted by Crippen LogP contribution is -2.29. The number of carbonyl (C=O) groups is 1. The number of hydrogen-bond acceptors (Lipinski definition) is 3. The van der Waals surface area contributed by atoms with Crippen molar-refractivity contribution < 1.29 is 9.53 Å². The molecular formula is C14H20N2O2. The Morgan fingerprint density at radius 2 is 2.17 bits per heavy atom. The number of anilines is 1. The van der Waals surface area contributed by atoms with E-state index < -0.39 is 0 Å². The zero-order valence-electron chi connectivity index (χ0n) is 11.0. The van der Waals surface area contributed by atoms with E-state index >= 15 is 0 Å². The molecule has 1 aliphatic heterocycles. The fraction of sp³-hybridized carbons (Fsp3) is 0.500. The van der Waals surface area contributed by atoms with Crippen LogP contribution < -0.4 is 15.0 Å². The molecule has 1 saturated heterocycles. The van der Waals surface area contributed by atoms with E-state index in [-0.39, 0.29) is 5.91 Å². The summed E-state index contributed by atoms with van der Waals surface area (Å²) >= 11 is 0. The van der Waals surface area contributed by atoms with Crippen LogP contribution in [0.15, 0.2) is 24.3 Å². The molecule has 1 atom stereocenters. The van der Waals surface area contributed by atoms with E-state index in [1.54, 1.807) is 14.0 Å². The largest absolute Gasteiger partial charge is 0.497 e. The van der Waals surface area contributed by atoms with Gasteiger partial charge in [0.05, 0.1) is 7.11 Å². The Balaban J connectivity index is 1.89. The molecule has 4 heteroatoms. The molecule has 0 aliphatic carbocycles. The van der Waals surface area contributed by atoms with E-state index in [2.05, 4.69) is 22.3 Å². The summed E-state index contributed by atoms with van der Waals surface area (Å²) < 4.78 is 5.15. The maximum atomic E-state index is 10.9. The van der Waals surface area contributed by atoms with Crippen molar-refractivity contribution in [3.05, 3.63) is 24.3 Å². The third-order valence-electron chi connectivity index (χ3n) is 3.36. The van der Waals surface area contributed by atoms with E-state index in [1.165, 1.54) is 5.69 Å². The molecule has 1 unspecified atom stereocenters. The van der Waals surface area contributed by atoms with Gasteiger partial charge in [-0.3, -0.25) is 4.79 Å². The van der Waals surface area contributed by atoms with Crippen LogP contribution >= 0.6 is 0 Å². The minimum atomic E-state index is 0.0536. The summed E-state index contributed by atoms with van der Waals surface area (Å²) in [4.78, 5) is 13.2. The maximum Gasteiger partial charge on any atom is 0.216 e. The molecule has 0 spiro atoms. The Hall–Kier alpha value is -1.71. The van der Waals surface area contributed by atoms with Crippen LogP contribution in [0.5, 0.6) is 5.75 Å². The number of hydrogen-bond donors (Lipinski definition) is 1. The molecule has 2 rings (SSSR count). The first kappa shape index (κ1) is 12.7. The van der Waals surface area contributed by atoms with Gasteiger partial charge in [-0.2, -0.15) is 0 Å². The molecule has 0 radical (unpaired) electrons. The zero-order chi connectivity index (χ0) is 13.0. The Labute approximate surface area is 108 Å². The molecule has 0 bridgehead atoms. The topological polar surface area (TPSA) is 41.6 Å². The zero-order valence-corrected chi connectivity index (χ0v) is 11.0. The highest BCUT2D eigenvalue weighted by Crippen LogP contribution is 2.25. The van der Waals surface area contributed by atoms with Crippen molar-refractivity contribution in [3.8, 4) is 5.75 Å². The lowest BCUT2D eigenvalue weighted by molar-refractivity contribution is -0.119. The first-order valence-corrected chi connectivity index (χ1v) is 6.32. The van der Waals surface area contributed by atoms with Crippen LogP contribution in [-0.4, -0.2) is 32.7 Å². The van der Waals surface area contributed by atoms with Gasteiger partial charge in [-0.15, -0.1) is 0 Å². The highest BCUT2D eigenvalue weighted by molar-refractivity contribution is 5.72. The van der Waals surface area contributed by atoms with Crippen LogP contribution in [0.1, 0.15) is 13.3 Å². The molecule has 18 heavy (non-hydrogen) atoms. The first-order chi connectivity index (χ1) is 8.69. The van der Waals surface area contributed by atoms with Crippen LogP contribution in [0.4, 0.5) is 5.69 Å². The van der Waals surface area contributed by atoms with Crippen LogP contribution in [-0.2, 0) is 4.79 Å². The summed E-state index contributed by atoms with van der Waals surface area (Å²) in [7, 11) is 1.67. The molecular weight excluding hydrogens is 228 g/mol. The van der Waals surface area contributed by atoms with E-state index in [4.69, 9.17) is 4.74 Å². The lowest BCUT2D eigenvalue weighted by atomic mass is 10.1. The van der Waals surface area contributed by atoms with E-state index in [1.807, 2.05) is 12.1 Å². The van der Waals surface area contributed by atoms with Gasteiger partial charge in [0.15, 0.2) is 0 Å². The van der Waals surface area contributed by atoms with Crippen molar-refractivity contribution in [2.75, 3.05) is 31.6 Å². The molecule has 0 saturated carbocycles. The average molecular weight is 248 g/mol. The van der Waals surface area contributed by atoms with Crippen molar-refractivity contribution in [2.24, 2.45) is 5.92 Å². The van der Waals surface area contributed by atoms with Gasteiger partial charge in [-0.1, -0.05) is 0 Å². The molecule has 98 valence electrons. The predicted molar refractivity (Wildman–Crippen MR) is 72.0 cm³/mol. The predicted octanol–water partition coefficient (Wildman–Crippen LogP) is 1.66. The van der Waals surface area contributed by atoms with Crippen LogP contribution in [0.25, 0.3) is 0 Å². The number of methoxy groups -OCH3 is 1. The highest BCUT2D eigenvalue weighted by atomic mass is 16.5. The molecule has 1 aliphatic rings. The monoisotopic (exact) mass is 248 g/mol. The van der Waals surface area contributed by atoms with Crippen molar-refractivity contribution in [2.45, 2.75) is 13.3 Å². The van der Waals surface area contributed by atoms with Gasteiger partial charge < -0.3 is 15.0 Å². The minimum Gasteiger partial charge on any atom is -0.497 e. The number of ether oxygens (including phenoxy) is 1. The fourth-order valence-electron chi connectivity index (χ4n) is 2.31. The molecule has 1 N–H and O–H groups in total. The Morgan fingerprint density at radius 3 is 2.78 bits per heavy atom. The molecule has 1 amide bonds. The lowest BCUT2D eigenvalue weighted by Gasteiger charge is -2.19. The number of benzene rings is 1. The number of carbonyl (C=O) groups excluding carboxylic acids is 1. The standard InChI is InChI=1S/C14H20N2O2/c1-11(17)15-9-12-7-8-16(10-12)13-3-5-14(18-2)6-4-13/h3-6,12H,7-10H2,1-2H3,(H,15,17). The summed E-state index contributed by atoms with van der Waals surface area (Å²) in [5, 5.41) is 2.89. The van der Waals surface area contributed by atoms with Gasteiger partial charge >= 0.3 is 0 Å². The van der Waals surface area contributed by atoms with Crippen molar-refractivity contribution >= 4 is 11.6 Å². The second-order valence-corrected chi connectivity index (χ2v) is 4.74. The fourth-order valence-corrected chi connectivity index (χ4v) is 2.31. The molecule has 0 aromatic heterocycles. The second-order valence-electron chi connectivity index (χ2n) is 4.74. The van der Waals surface area contributed by atoms with Crippen LogP contribution in [0.3, 0.4) is 0 Å². The quantitative estimate of drug-likeness (QED) is 0.881. The van der Waals surface area contributed by atoms with E-state index in [0.29, 0.717) is 5.92 Å². The number of amides is 1.